The molecule has 0 unspecified atom stereocenters. The van der Waals surface area contributed by atoms with Gasteiger partial charge < -0.3 is 15.5 Å². The average molecular weight is 338 g/mol. The number of hydrogen-bond donors (Lipinski definition) is 2. The molecule has 0 aliphatic rings. The van der Waals surface area contributed by atoms with Gasteiger partial charge in [0.15, 0.2) is 0 Å². The number of aryl methyl sites for hydroxylation is 1. The van der Waals surface area contributed by atoms with E-state index in [4.69, 9.17) is 5.26 Å². The molecule has 0 atom stereocenters. The first-order valence-electron chi connectivity index (χ1n) is 8.04. The lowest BCUT2D eigenvalue weighted by Gasteiger charge is -2.11. The Morgan fingerprint density at radius 3 is 2.76 bits per heavy atom. The number of benzene rings is 1. The summed E-state index contributed by atoms with van der Waals surface area (Å²) >= 11 is 0. The van der Waals surface area contributed by atoms with E-state index in [1.807, 2.05) is 20.2 Å². The lowest BCUT2D eigenvalue weighted by molar-refractivity contribution is 0.0947. The Kier molecular flexibility index (Phi) is 6.43. The lowest BCUT2D eigenvalue weighted by atomic mass is 10.2. The molecular weight excluding hydrogens is 316 g/mol. The number of carbonyl (C=O) groups is 1. The molecule has 2 aromatic rings. The predicted octanol–water partition coefficient (Wildman–Crippen LogP) is 2.08. The molecule has 1 amide bonds. The van der Waals surface area contributed by atoms with Crippen LogP contribution < -0.4 is 10.6 Å². The fourth-order valence-corrected chi connectivity index (χ4v) is 2.26. The van der Waals surface area contributed by atoms with Gasteiger partial charge in [0, 0.05) is 12.6 Å². The molecule has 1 heterocycles. The molecule has 0 aliphatic carbocycles. The highest BCUT2D eigenvalue weighted by atomic mass is 16.1. The molecule has 130 valence electrons. The zero-order valence-corrected chi connectivity index (χ0v) is 14.7. The average Bonchev–Trinajstić information content (AvgIpc) is 2.58. The second-order valence-corrected chi connectivity index (χ2v) is 5.88. The monoisotopic (exact) mass is 338 g/mol. The summed E-state index contributed by atoms with van der Waals surface area (Å²) in [6.07, 6.45) is 0.865. The van der Waals surface area contributed by atoms with Crippen molar-refractivity contribution < 1.29 is 4.79 Å². The quantitative estimate of drug-likeness (QED) is 0.751. The fraction of sp³-hybridized carbons (Fsp3) is 0.333. The van der Waals surface area contributed by atoms with E-state index in [9.17, 15) is 4.79 Å². The summed E-state index contributed by atoms with van der Waals surface area (Å²) in [7, 11) is 3.99. The molecule has 1 aromatic carbocycles. The van der Waals surface area contributed by atoms with Gasteiger partial charge in [0.05, 0.1) is 11.3 Å². The molecule has 2 N–H and O–H groups in total. The number of rotatable bonds is 7. The third-order valence-corrected chi connectivity index (χ3v) is 3.45. The summed E-state index contributed by atoms with van der Waals surface area (Å²) in [6.45, 7) is 3.21. The van der Waals surface area contributed by atoms with Gasteiger partial charge in [0.25, 0.3) is 5.91 Å². The van der Waals surface area contributed by atoms with Crippen molar-refractivity contribution in [1.82, 2.24) is 20.2 Å². The normalized spacial score (nSPS) is 10.4. The van der Waals surface area contributed by atoms with Crippen LogP contribution in [0.2, 0.25) is 0 Å². The van der Waals surface area contributed by atoms with Gasteiger partial charge in [-0.25, -0.2) is 9.97 Å². The summed E-state index contributed by atoms with van der Waals surface area (Å²) in [6, 6.07) is 10.8. The predicted molar refractivity (Wildman–Crippen MR) is 96.7 cm³/mol. The first-order valence-corrected chi connectivity index (χ1v) is 8.04. The highest BCUT2D eigenvalue weighted by Crippen LogP contribution is 2.19. The number of anilines is 2. The van der Waals surface area contributed by atoms with Gasteiger partial charge in [-0.2, -0.15) is 5.26 Å². The van der Waals surface area contributed by atoms with Gasteiger partial charge in [0.2, 0.25) is 0 Å². The smallest absolute Gasteiger partial charge is 0.270 e. The summed E-state index contributed by atoms with van der Waals surface area (Å²) < 4.78 is 0. The molecule has 0 fully saturated rings. The van der Waals surface area contributed by atoms with Crippen molar-refractivity contribution in [2.75, 3.05) is 32.5 Å². The number of nitrogens with one attached hydrogen (secondary N) is 2. The van der Waals surface area contributed by atoms with E-state index >= 15 is 0 Å². The van der Waals surface area contributed by atoms with Crippen LogP contribution in [0.15, 0.2) is 30.3 Å². The number of nitrogens with zero attached hydrogens (tertiary/aromatic N) is 4. The minimum Gasteiger partial charge on any atom is -0.351 e. The van der Waals surface area contributed by atoms with E-state index in [2.05, 4.69) is 31.6 Å². The van der Waals surface area contributed by atoms with Gasteiger partial charge in [0.1, 0.15) is 23.4 Å². The third kappa shape index (κ3) is 5.55. The molecule has 0 saturated carbocycles. The van der Waals surface area contributed by atoms with E-state index in [0.29, 0.717) is 35.1 Å². The van der Waals surface area contributed by atoms with Crippen LogP contribution in [0.4, 0.5) is 11.5 Å². The summed E-state index contributed by atoms with van der Waals surface area (Å²) in [4.78, 5) is 22.8. The Morgan fingerprint density at radius 1 is 1.28 bits per heavy atom. The van der Waals surface area contributed by atoms with Crippen molar-refractivity contribution in [2.45, 2.75) is 13.3 Å². The minimum atomic E-state index is -0.235. The molecule has 1 aromatic heterocycles. The number of carbonyl (C=O) groups excluding carboxylic acids is 1. The summed E-state index contributed by atoms with van der Waals surface area (Å²) in [5, 5.41) is 15.1. The number of para-hydroxylation sites is 1. The highest BCUT2D eigenvalue weighted by Gasteiger charge is 2.11. The maximum atomic E-state index is 12.3. The summed E-state index contributed by atoms with van der Waals surface area (Å²) in [5.41, 5.74) is 1.45. The van der Waals surface area contributed by atoms with Crippen LogP contribution in [0.5, 0.6) is 0 Å². The Bertz CT molecular complexity index is 781. The molecule has 0 saturated heterocycles. The number of nitriles is 1. The van der Waals surface area contributed by atoms with Gasteiger partial charge >= 0.3 is 0 Å². The van der Waals surface area contributed by atoms with Gasteiger partial charge in [-0.05, 0) is 46.1 Å². The van der Waals surface area contributed by atoms with Crippen LogP contribution in [0.1, 0.15) is 28.3 Å². The molecule has 7 heteroatoms. The number of amides is 1. The lowest BCUT2D eigenvalue weighted by Crippen LogP contribution is -2.28. The molecule has 7 nitrogen and oxygen atoms in total. The fourth-order valence-electron chi connectivity index (χ4n) is 2.26. The zero-order chi connectivity index (χ0) is 18.2. The first kappa shape index (κ1) is 18.4. The van der Waals surface area contributed by atoms with E-state index in [0.717, 1.165) is 13.0 Å². The topological polar surface area (TPSA) is 93.9 Å². The van der Waals surface area contributed by atoms with Crippen LogP contribution >= 0.6 is 0 Å². The standard InChI is InChI=1S/C18H22N6O/c1-13-21-16(18(25)20-9-6-10-24(2)3)11-17(22-13)23-15-8-5-4-7-14(15)12-19/h4-5,7-8,11H,6,9-10H2,1-3H3,(H,20,25)(H,21,22,23). The Labute approximate surface area is 147 Å². The van der Waals surface area contributed by atoms with Crippen LogP contribution in [-0.2, 0) is 0 Å². The van der Waals surface area contributed by atoms with E-state index < -0.39 is 0 Å². The van der Waals surface area contributed by atoms with E-state index in [1.54, 1.807) is 31.2 Å². The Hall–Kier alpha value is -2.98. The summed E-state index contributed by atoms with van der Waals surface area (Å²) in [5.74, 6) is 0.729. The molecule has 0 spiro atoms. The Balaban J connectivity index is 2.09. The molecule has 25 heavy (non-hydrogen) atoms. The van der Waals surface area contributed by atoms with Crippen molar-refractivity contribution in [1.29, 1.82) is 5.26 Å². The maximum absolute atomic E-state index is 12.3. The maximum Gasteiger partial charge on any atom is 0.270 e. The van der Waals surface area contributed by atoms with E-state index in [1.165, 1.54) is 0 Å². The highest BCUT2D eigenvalue weighted by molar-refractivity contribution is 5.93. The zero-order valence-electron chi connectivity index (χ0n) is 14.7. The van der Waals surface area contributed by atoms with Gasteiger partial charge in [-0.1, -0.05) is 12.1 Å². The van der Waals surface area contributed by atoms with Gasteiger partial charge in [-0.15, -0.1) is 0 Å². The molecule has 0 radical (unpaired) electrons. The van der Waals surface area contributed by atoms with Crippen molar-refractivity contribution in [3.63, 3.8) is 0 Å². The van der Waals surface area contributed by atoms with Crippen molar-refractivity contribution >= 4 is 17.4 Å². The first-order chi connectivity index (χ1) is 12.0. The minimum absolute atomic E-state index is 0.235. The number of hydrogen-bond acceptors (Lipinski definition) is 6. The van der Waals surface area contributed by atoms with Crippen LogP contribution in [0.25, 0.3) is 0 Å². The van der Waals surface area contributed by atoms with Crippen LogP contribution in [0, 0.1) is 18.3 Å². The van der Waals surface area contributed by atoms with Crippen molar-refractivity contribution in [3.8, 4) is 6.07 Å². The van der Waals surface area contributed by atoms with Crippen molar-refractivity contribution in [2.24, 2.45) is 0 Å². The van der Waals surface area contributed by atoms with E-state index in [-0.39, 0.29) is 5.91 Å². The molecule has 0 bridgehead atoms. The van der Waals surface area contributed by atoms with Crippen LogP contribution in [-0.4, -0.2) is 48.0 Å². The second-order valence-electron chi connectivity index (χ2n) is 5.88. The Morgan fingerprint density at radius 2 is 2.04 bits per heavy atom. The third-order valence-electron chi connectivity index (χ3n) is 3.45. The SMILES string of the molecule is Cc1nc(Nc2ccccc2C#N)cc(C(=O)NCCCN(C)C)n1. The number of aromatic nitrogens is 2. The molecule has 2 rings (SSSR count). The van der Waals surface area contributed by atoms with Crippen molar-refractivity contribution in [3.05, 3.63) is 47.4 Å². The largest absolute Gasteiger partial charge is 0.351 e. The molecule has 0 aliphatic heterocycles. The van der Waals surface area contributed by atoms with Gasteiger partial charge in [-0.3, -0.25) is 4.79 Å². The van der Waals surface area contributed by atoms with Crippen LogP contribution in [0.3, 0.4) is 0 Å². The molecular formula is C18H22N6O. The second kappa shape index (κ2) is 8.76.